The van der Waals surface area contributed by atoms with Crippen LogP contribution in [-0.2, 0) is 10.0 Å². The SMILES string of the molecule is CN(C1CC1)S(=O)(=O)c1ccc(C(=O)Nc2ccc3scnc3c2)cc1. The second-order valence-corrected chi connectivity index (χ2v) is 9.15. The molecule has 1 aromatic heterocycles. The number of hydrogen-bond acceptors (Lipinski definition) is 5. The standard InChI is InChI=1S/C18H17N3O3S2/c1-21(14-5-6-14)26(23,24)15-7-2-12(3-8-15)18(22)20-13-4-9-17-16(10-13)19-11-25-17/h2-4,7-11,14H,5-6H2,1H3,(H,20,22). The topological polar surface area (TPSA) is 79.4 Å². The summed E-state index contributed by atoms with van der Waals surface area (Å²) >= 11 is 1.54. The summed E-state index contributed by atoms with van der Waals surface area (Å²) in [6, 6.07) is 11.7. The highest BCUT2D eigenvalue weighted by Gasteiger charge is 2.34. The predicted octanol–water partition coefficient (Wildman–Crippen LogP) is 3.33. The number of fused-ring (bicyclic) bond motifs is 1. The van der Waals surface area contributed by atoms with Gasteiger partial charge in [-0.25, -0.2) is 13.4 Å². The Morgan fingerprint density at radius 1 is 1.19 bits per heavy atom. The smallest absolute Gasteiger partial charge is 0.255 e. The van der Waals surface area contributed by atoms with Crippen LogP contribution >= 0.6 is 11.3 Å². The molecule has 3 aromatic rings. The molecule has 8 heteroatoms. The first kappa shape index (κ1) is 17.1. The highest BCUT2D eigenvalue weighted by Crippen LogP contribution is 2.30. The van der Waals surface area contributed by atoms with Crippen LogP contribution in [0.4, 0.5) is 5.69 Å². The van der Waals surface area contributed by atoms with Crippen LogP contribution in [0, 0.1) is 0 Å². The van der Waals surface area contributed by atoms with Crippen LogP contribution in [-0.4, -0.2) is 36.7 Å². The molecule has 2 aromatic carbocycles. The van der Waals surface area contributed by atoms with Gasteiger partial charge in [-0.15, -0.1) is 11.3 Å². The lowest BCUT2D eigenvalue weighted by molar-refractivity contribution is 0.102. The van der Waals surface area contributed by atoms with Crippen molar-refractivity contribution in [2.45, 2.75) is 23.8 Å². The van der Waals surface area contributed by atoms with Crippen molar-refractivity contribution in [1.82, 2.24) is 9.29 Å². The van der Waals surface area contributed by atoms with Crippen LogP contribution in [0.1, 0.15) is 23.2 Å². The zero-order chi connectivity index (χ0) is 18.3. The Labute approximate surface area is 155 Å². The predicted molar refractivity (Wildman–Crippen MR) is 102 cm³/mol. The normalized spacial score (nSPS) is 14.7. The maximum Gasteiger partial charge on any atom is 0.255 e. The summed E-state index contributed by atoms with van der Waals surface area (Å²) in [4.78, 5) is 16.8. The minimum atomic E-state index is -3.50. The van der Waals surface area contributed by atoms with Crippen molar-refractivity contribution >= 4 is 43.2 Å². The van der Waals surface area contributed by atoms with Crippen molar-refractivity contribution in [3.63, 3.8) is 0 Å². The lowest BCUT2D eigenvalue weighted by Gasteiger charge is -2.16. The van der Waals surface area contributed by atoms with Crippen molar-refractivity contribution in [1.29, 1.82) is 0 Å². The van der Waals surface area contributed by atoms with E-state index in [1.807, 2.05) is 18.2 Å². The molecule has 0 bridgehead atoms. The third-order valence-corrected chi connectivity index (χ3v) is 7.18. The maximum atomic E-state index is 12.5. The van der Waals surface area contributed by atoms with Crippen molar-refractivity contribution in [2.75, 3.05) is 12.4 Å². The molecule has 4 rings (SSSR count). The number of aromatic nitrogens is 1. The summed E-state index contributed by atoms with van der Waals surface area (Å²) in [5.74, 6) is -0.293. The fraction of sp³-hybridized carbons (Fsp3) is 0.222. The molecule has 1 saturated carbocycles. The lowest BCUT2D eigenvalue weighted by Crippen LogP contribution is -2.29. The van der Waals surface area contributed by atoms with E-state index in [9.17, 15) is 13.2 Å². The number of nitrogens with one attached hydrogen (secondary N) is 1. The molecule has 1 N–H and O–H groups in total. The number of benzene rings is 2. The molecular formula is C18H17N3O3S2. The van der Waals surface area contributed by atoms with Crippen LogP contribution in [0.3, 0.4) is 0 Å². The molecule has 0 radical (unpaired) electrons. The Bertz CT molecular complexity index is 1070. The van der Waals surface area contributed by atoms with E-state index in [-0.39, 0.29) is 16.8 Å². The van der Waals surface area contributed by atoms with Gasteiger partial charge in [0.1, 0.15) is 0 Å². The van der Waals surface area contributed by atoms with Gasteiger partial charge in [0.25, 0.3) is 5.91 Å². The average molecular weight is 387 g/mol. The Kier molecular flexibility index (Phi) is 4.26. The summed E-state index contributed by atoms with van der Waals surface area (Å²) in [5.41, 5.74) is 3.64. The number of hydrogen-bond donors (Lipinski definition) is 1. The van der Waals surface area contributed by atoms with E-state index in [0.29, 0.717) is 11.3 Å². The summed E-state index contributed by atoms with van der Waals surface area (Å²) in [5, 5.41) is 2.82. The van der Waals surface area contributed by atoms with Gasteiger partial charge in [0, 0.05) is 24.3 Å². The Morgan fingerprint density at radius 2 is 1.92 bits per heavy atom. The zero-order valence-electron chi connectivity index (χ0n) is 14.0. The molecule has 1 aliphatic carbocycles. The molecule has 1 heterocycles. The van der Waals surface area contributed by atoms with E-state index in [0.717, 1.165) is 23.1 Å². The van der Waals surface area contributed by atoms with E-state index in [1.165, 1.54) is 39.9 Å². The van der Waals surface area contributed by atoms with Gasteiger partial charge in [-0.3, -0.25) is 4.79 Å². The first-order valence-corrected chi connectivity index (χ1v) is 10.5. The third kappa shape index (κ3) is 3.23. The average Bonchev–Trinajstić information content (AvgIpc) is 3.38. The number of rotatable bonds is 5. The third-order valence-electron chi connectivity index (χ3n) is 4.44. The molecule has 1 aliphatic rings. The second kappa shape index (κ2) is 6.46. The largest absolute Gasteiger partial charge is 0.322 e. The number of nitrogens with zero attached hydrogens (tertiary/aromatic N) is 2. The van der Waals surface area contributed by atoms with Gasteiger partial charge < -0.3 is 5.32 Å². The Hall–Kier alpha value is -2.29. The van der Waals surface area contributed by atoms with E-state index in [1.54, 1.807) is 12.6 Å². The maximum absolute atomic E-state index is 12.5. The van der Waals surface area contributed by atoms with Crippen LogP contribution in [0.5, 0.6) is 0 Å². The second-order valence-electron chi connectivity index (χ2n) is 6.27. The number of carbonyl (C=O) groups is 1. The first-order valence-electron chi connectivity index (χ1n) is 8.18. The van der Waals surface area contributed by atoms with Gasteiger partial charge in [0.05, 0.1) is 20.6 Å². The highest BCUT2D eigenvalue weighted by atomic mass is 32.2. The molecule has 26 heavy (non-hydrogen) atoms. The number of sulfonamides is 1. The monoisotopic (exact) mass is 387 g/mol. The summed E-state index contributed by atoms with van der Waals surface area (Å²) in [6.07, 6.45) is 1.80. The first-order chi connectivity index (χ1) is 12.4. The summed E-state index contributed by atoms with van der Waals surface area (Å²) in [6.45, 7) is 0. The van der Waals surface area contributed by atoms with Gasteiger partial charge in [0.2, 0.25) is 10.0 Å². The van der Waals surface area contributed by atoms with Crippen molar-refractivity contribution in [3.8, 4) is 0 Å². The van der Waals surface area contributed by atoms with Crippen molar-refractivity contribution in [2.24, 2.45) is 0 Å². The van der Waals surface area contributed by atoms with Crippen LogP contribution in [0.25, 0.3) is 10.2 Å². The van der Waals surface area contributed by atoms with Gasteiger partial charge in [-0.1, -0.05) is 0 Å². The van der Waals surface area contributed by atoms with E-state index in [2.05, 4.69) is 10.3 Å². The summed E-state index contributed by atoms with van der Waals surface area (Å²) in [7, 11) is -1.90. The zero-order valence-corrected chi connectivity index (χ0v) is 15.7. The fourth-order valence-corrected chi connectivity index (χ4v) is 4.79. The van der Waals surface area contributed by atoms with Crippen LogP contribution < -0.4 is 5.32 Å². The number of carbonyl (C=O) groups excluding carboxylic acids is 1. The quantitative estimate of drug-likeness (QED) is 0.728. The number of anilines is 1. The molecule has 0 unspecified atom stereocenters. The van der Waals surface area contributed by atoms with Gasteiger partial charge in [-0.05, 0) is 55.3 Å². The molecular weight excluding hydrogens is 370 g/mol. The number of thiazole rings is 1. The number of amides is 1. The van der Waals surface area contributed by atoms with Crippen LogP contribution in [0.2, 0.25) is 0 Å². The fourth-order valence-electron chi connectivity index (χ4n) is 2.72. The van der Waals surface area contributed by atoms with Gasteiger partial charge in [-0.2, -0.15) is 4.31 Å². The minimum Gasteiger partial charge on any atom is -0.322 e. The molecule has 134 valence electrons. The molecule has 0 saturated heterocycles. The van der Waals surface area contributed by atoms with Crippen molar-refractivity contribution in [3.05, 3.63) is 53.5 Å². The molecule has 0 atom stereocenters. The van der Waals surface area contributed by atoms with E-state index < -0.39 is 10.0 Å². The van der Waals surface area contributed by atoms with Gasteiger partial charge in [0.15, 0.2) is 0 Å². The molecule has 1 fully saturated rings. The molecule has 1 amide bonds. The van der Waals surface area contributed by atoms with Crippen molar-refractivity contribution < 1.29 is 13.2 Å². The Balaban J connectivity index is 1.51. The lowest BCUT2D eigenvalue weighted by atomic mass is 10.2. The highest BCUT2D eigenvalue weighted by molar-refractivity contribution is 7.89. The van der Waals surface area contributed by atoms with E-state index in [4.69, 9.17) is 0 Å². The minimum absolute atomic E-state index is 0.101. The molecule has 6 nitrogen and oxygen atoms in total. The Morgan fingerprint density at radius 3 is 2.62 bits per heavy atom. The van der Waals surface area contributed by atoms with Gasteiger partial charge >= 0.3 is 0 Å². The molecule has 0 spiro atoms. The van der Waals surface area contributed by atoms with E-state index >= 15 is 0 Å². The van der Waals surface area contributed by atoms with Crippen LogP contribution in [0.15, 0.2) is 52.9 Å². The summed E-state index contributed by atoms with van der Waals surface area (Å²) < 4.78 is 27.5. The molecule has 0 aliphatic heterocycles.